The zero-order valence-corrected chi connectivity index (χ0v) is 17.0. The summed E-state index contributed by atoms with van der Waals surface area (Å²) in [6.07, 6.45) is -0.594. The van der Waals surface area contributed by atoms with E-state index >= 15 is 0 Å². The van der Waals surface area contributed by atoms with Gasteiger partial charge in [0.2, 0.25) is 17.7 Å². The molecule has 0 unspecified atom stereocenters. The van der Waals surface area contributed by atoms with Gasteiger partial charge in [0.25, 0.3) is 0 Å². The van der Waals surface area contributed by atoms with Crippen molar-refractivity contribution < 1.29 is 23.9 Å². The van der Waals surface area contributed by atoms with Crippen molar-refractivity contribution in [3.05, 3.63) is 0 Å². The van der Waals surface area contributed by atoms with Crippen molar-refractivity contribution in [1.82, 2.24) is 21.3 Å². The number of alkyl carbamates (subject to hydrolysis) is 1. The molecule has 150 valence electrons. The molecule has 0 aromatic carbocycles. The van der Waals surface area contributed by atoms with Gasteiger partial charge in [-0.1, -0.05) is 0 Å². The van der Waals surface area contributed by atoms with Crippen LogP contribution in [0.15, 0.2) is 0 Å². The van der Waals surface area contributed by atoms with Crippen molar-refractivity contribution in [2.45, 2.75) is 71.6 Å². The predicted octanol–water partition coefficient (Wildman–Crippen LogP) is 0.437. The molecular weight excluding hydrogens is 340 g/mol. The molecule has 9 heteroatoms. The Hall–Kier alpha value is -2.32. The smallest absolute Gasteiger partial charge is 0.408 e. The summed E-state index contributed by atoms with van der Waals surface area (Å²) in [5.74, 6) is -1.19. The maximum atomic E-state index is 12.5. The lowest BCUT2D eigenvalue weighted by molar-refractivity contribution is -0.135. The van der Waals surface area contributed by atoms with Crippen LogP contribution in [0.25, 0.3) is 0 Å². The van der Waals surface area contributed by atoms with E-state index in [9.17, 15) is 19.2 Å². The Morgan fingerprint density at radius 1 is 0.808 bits per heavy atom. The van der Waals surface area contributed by atoms with Crippen molar-refractivity contribution in [3.8, 4) is 0 Å². The van der Waals surface area contributed by atoms with E-state index in [2.05, 4.69) is 21.3 Å². The average Bonchev–Trinajstić information content (AvgIpc) is 2.43. The summed E-state index contributed by atoms with van der Waals surface area (Å²) < 4.78 is 5.14. The van der Waals surface area contributed by atoms with Gasteiger partial charge in [-0.2, -0.15) is 0 Å². The SMILES string of the molecule is CNC(=O)CCNC(=O)C(C)(C)NC(=O)C(C)(C)NC(=O)OC(C)(C)C. The van der Waals surface area contributed by atoms with Crippen molar-refractivity contribution >= 4 is 23.8 Å². The Kier molecular flexibility index (Phi) is 8.07. The van der Waals surface area contributed by atoms with E-state index < -0.39 is 34.6 Å². The zero-order valence-electron chi connectivity index (χ0n) is 17.0. The Morgan fingerprint density at radius 2 is 1.31 bits per heavy atom. The standard InChI is InChI=1S/C17H32N4O5/c1-15(2,3)26-14(25)21-17(6,7)13(24)20-16(4,5)12(23)19-10-9-11(22)18-8/h9-10H2,1-8H3,(H,18,22)(H,19,23)(H,20,24)(H,21,25). The van der Waals surface area contributed by atoms with E-state index in [4.69, 9.17) is 4.74 Å². The van der Waals surface area contributed by atoms with E-state index in [-0.39, 0.29) is 18.9 Å². The van der Waals surface area contributed by atoms with Gasteiger partial charge in [0.05, 0.1) is 0 Å². The minimum atomic E-state index is -1.29. The third-order valence-electron chi connectivity index (χ3n) is 3.29. The van der Waals surface area contributed by atoms with Gasteiger partial charge in [0.1, 0.15) is 16.7 Å². The average molecular weight is 372 g/mol. The van der Waals surface area contributed by atoms with Crippen LogP contribution in [-0.4, -0.2) is 54.1 Å². The van der Waals surface area contributed by atoms with Crippen LogP contribution >= 0.6 is 0 Å². The van der Waals surface area contributed by atoms with Crippen LogP contribution in [0.1, 0.15) is 54.9 Å². The third kappa shape index (κ3) is 8.68. The van der Waals surface area contributed by atoms with E-state index in [1.54, 1.807) is 20.8 Å². The monoisotopic (exact) mass is 372 g/mol. The molecule has 0 aliphatic carbocycles. The number of hydrogen-bond acceptors (Lipinski definition) is 5. The number of carbonyl (C=O) groups excluding carboxylic acids is 4. The fourth-order valence-electron chi connectivity index (χ4n) is 1.75. The Morgan fingerprint density at radius 3 is 1.77 bits per heavy atom. The second kappa shape index (κ2) is 8.86. The van der Waals surface area contributed by atoms with Gasteiger partial charge in [-0.3, -0.25) is 14.4 Å². The molecule has 0 saturated heterocycles. The summed E-state index contributed by atoms with van der Waals surface area (Å²) in [6.45, 7) is 11.4. The van der Waals surface area contributed by atoms with Crippen molar-refractivity contribution in [3.63, 3.8) is 0 Å². The molecule has 0 atom stereocenters. The topological polar surface area (TPSA) is 126 Å². The summed E-state index contributed by atoms with van der Waals surface area (Å²) >= 11 is 0. The molecule has 0 rings (SSSR count). The van der Waals surface area contributed by atoms with Gasteiger partial charge < -0.3 is 26.0 Å². The summed E-state index contributed by atoms with van der Waals surface area (Å²) in [7, 11) is 1.51. The van der Waals surface area contributed by atoms with Gasteiger partial charge in [0.15, 0.2) is 0 Å². The Labute approximate surface area is 155 Å². The van der Waals surface area contributed by atoms with Crippen molar-refractivity contribution in [1.29, 1.82) is 0 Å². The lowest BCUT2D eigenvalue weighted by Gasteiger charge is -2.32. The van der Waals surface area contributed by atoms with E-state index in [1.807, 2.05) is 0 Å². The number of carbonyl (C=O) groups is 4. The molecule has 0 bridgehead atoms. The highest BCUT2D eigenvalue weighted by atomic mass is 16.6. The second-order valence-corrected chi connectivity index (χ2v) is 8.01. The van der Waals surface area contributed by atoms with Crippen molar-refractivity contribution in [2.24, 2.45) is 0 Å². The summed E-state index contributed by atoms with van der Waals surface area (Å²) in [5, 5.41) is 10.1. The molecule has 0 heterocycles. The number of ether oxygens (including phenoxy) is 1. The Bertz CT molecular complexity index is 550. The lowest BCUT2D eigenvalue weighted by Crippen LogP contribution is -2.63. The first-order valence-corrected chi connectivity index (χ1v) is 8.43. The minimum Gasteiger partial charge on any atom is -0.444 e. The molecule has 4 amide bonds. The summed E-state index contributed by atoms with van der Waals surface area (Å²) in [5.41, 5.74) is -3.21. The molecule has 0 aliphatic rings. The molecule has 26 heavy (non-hydrogen) atoms. The van der Waals surface area contributed by atoms with Crippen LogP contribution in [0, 0.1) is 0 Å². The minimum absolute atomic E-state index is 0.137. The molecule has 0 aromatic heterocycles. The third-order valence-corrected chi connectivity index (χ3v) is 3.29. The van der Waals surface area contributed by atoms with E-state index in [0.717, 1.165) is 0 Å². The maximum Gasteiger partial charge on any atom is 0.408 e. The van der Waals surface area contributed by atoms with Gasteiger partial charge in [-0.05, 0) is 48.5 Å². The first-order valence-electron chi connectivity index (χ1n) is 8.43. The first kappa shape index (κ1) is 23.7. The van der Waals surface area contributed by atoms with Gasteiger partial charge in [-0.25, -0.2) is 4.79 Å². The fraction of sp³-hybridized carbons (Fsp3) is 0.765. The molecule has 4 N–H and O–H groups in total. The number of nitrogens with one attached hydrogen (secondary N) is 4. The molecular formula is C17H32N4O5. The van der Waals surface area contributed by atoms with Crippen LogP contribution in [0.5, 0.6) is 0 Å². The molecule has 0 radical (unpaired) electrons. The predicted molar refractivity (Wildman–Crippen MR) is 97.4 cm³/mol. The fourth-order valence-corrected chi connectivity index (χ4v) is 1.75. The highest BCUT2D eigenvalue weighted by molar-refractivity contribution is 5.95. The normalized spacial score (nSPS) is 12.0. The first-order chi connectivity index (χ1) is 11.6. The Balaban J connectivity index is 4.75. The number of amides is 4. The molecule has 9 nitrogen and oxygen atoms in total. The van der Waals surface area contributed by atoms with Crippen LogP contribution in [0.4, 0.5) is 4.79 Å². The molecule has 0 aromatic rings. The molecule has 0 fully saturated rings. The van der Waals surface area contributed by atoms with Crippen LogP contribution in [0.2, 0.25) is 0 Å². The quantitative estimate of drug-likeness (QED) is 0.516. The molecule has 0 saturated carbocycles. The summed E-state index contributed by atoms with van der Waals surface area (Å²) in [6, 6.07) is 0. The van der Waals surface area contributed by atoms with Crippen LogP contribution < -0.4 is 21.3 Å². The summed E-state index contributed by atoms with van der Waals surface area (Å²) in [4.78, 5) is 47.8. The van der Waals surface area contributed by atoms with Gasteiger partial charge in [-0.15, -0.1) is 0 Å². The largest absolute Gasteiger partial charge is 0.444 e. The van der Waals surface area contributed by atoms with Crippen LogP contribution in [-0.2, 0) is 19.1 Å². The maximum absolute atomic E-state index is 12.5. The highest BCUT2D eigenvalue weighted by Gasteiger charge is 2.37. The van der Waals surface area contributed by atoms with E-state index in [0.29, 0.717) is 0 Å². The highest BCUT2D eigenvalue weighted by Crippen LogP contribution is 2.11. The van der Waals surface area contributed by atoms with Crippen LogP contribution in [0.3, 0.4) is 0 Å². The van der Waals surface area contributed by atoms with Gasteiger partial charge in [0, 0.05) is 20.0 Å². The molecule has 0 spiro atoms. The second-order valence-electron chi connectivity index (χ2n) is 8.01. The van der Waals surface area contributed by atoms with E-state index in [1.165, 1.54) is 34.7 Å². The lowest BCUT2D eigenvalue weighted by atomic mass is 9.99. The number of hydrogen-bond donors (Lipinski definition) is 4. The van der Waals surface area contributed by atoms with Crippen molar-refractivity contribution in [2.75, 3.05) is 13.6 Å². The number of rotatable bonds is 7. The molecule has 0 aliphatic heterocycles. The van der Waals surface area contributed by atoms with Gasteiger partial charge >= 0.3 is 6.09 Å². The zero-order chi connectivity index (χ0) is 20.8.